The van der Waals surface area contributed by atoms with Gasteiger partial charge in [0.05, 0.1) is 0 Å². The van der Waals surface area contributed by atoms with Crippen LogP contribution < -0.4 is 4.90 Å². The van der Waals surface area contributed by atoms with E-state index in [0.717, 1.165) is 27.8 Å². The molecular weight excluding hydrogens is 609 g/mol. The Kier molecular flexibility index (Phi) is 6.50. The molecule has 236 valence electrons. The van der Waals surface area contributed by atoms with Gasteiger partial charge in [-0.25, -0.2) is 15.0 Å². The van der Waals surface area contributed by atoms with Gasteiger partial charge in [0.2, 0.25) is 0 Å². The highest BCUT2D eigenvalue weighted by Crippen LogP contribution is 2.56. The van der Waals surface area contributed by atoms with Crippen LogP contribution in [0.3, 0.4) is 0 Å². The summed E-state index contributed by atoms with van der Waals surface area (Å²) in [6.45, 7) is 2.36. The van der Waals surface area contributed by atoms with Crippen LogP contribution in [-0.4, -0.2) is 21.0 Å². The predicted octanol–water partition coefficient (Wildman–Crippen LogP) is 11.3. The van der Waals surface area contributed by atoms with Crippen molar-refractivity contribution in [3.05, 3.63) is 175 Å². The van der Waals surface area contributed by atoms with Crippen LogP contribution in [0, 0.1) is 0 Å². The first-order chi connectivity index (χ1) is 24.7. The first kappa shape index (κ1) is 28.6. The normalized spacial score (nSPS) is 15.7. The summed E-state index contributed by atoms with van der Waals surface area (Å²) in [5, 5.41) is 2.35. The average Bonchev–Trinajstić information content (AvgIpc) is 3.42. The molecule has 0 fully saturated rings. The molecule has 4 nitrogen and oxygen atoms in total. The number of benzene rings is 7. The average molecular weight is 641 g/mol. The fourth-order valence-corrected chi connectivity index (χ4v) is 8.14. The van der Waals surface area contributed by atoms with Crippen LogP contribution in [0.5, 0.6) is 0 Å². The van der Waals surface area contributed by atoms with Gasteiger partial charge in [-0.15, -0.1) is 0 Å². The Labute approximate surface area is 291 Å². The minimum atomic E-state index is 0.217. The smallest absolute Gasteiger partial charge is 0.164 e. The van der Waals surface area contributed by atoms with E-state index in [4.69, 9.17) is 15.0 Å². The van der Waals surface area contributed by atoms with Crippen LogP contribution in [0.1, 0.15) is 24.0 Å². The maximum atomic E-state index is 5.05. The van der Waals surface area contributed by atoms with Crippen molar-refractivity contribution in [2.24, 2.45) is 0 Å². The fourth-order valence-electron chi connectivity index (χ4n) is 8.14. The fraction of sp³-hybridized carbons (Fsp3) is 0.0652. The van der Waals surface area contributed by atoms with E-state index < -0.39 is 0 Å². The zero-order chi connectivity index (χ0) is 33.2. The second-order valence-corrected chi connectivity index (χ2v) is 13.2. The van der Waals surface area contributed by atoms with Crippen molar-refractivity contribution in [1.29, 1.82) is 0 Å². The van der Waals surface area contributed by atoms with E-state index in [1.165, 1.54) is 44.5 Å². The Hall–Kier alpha value is -6.39. The van der Waals surface area contributed by atoms with E-state index >= 15 is 0 Å². The lowest BCUT2D eigenvalue weighted by Gasteiger charge is -2.29. The molecule has 50 heavy (non-hydrogen) atoms. The van der Waals surface area contributed by atoms with E-state index in [1.807, 2.05) is 18.2 Å². The molecule has 4 heteroatoms. The molecule has 2 unspecified atom stereocenters. The summed E-state index contributed by atoms with van der Waals surface area (Å²) in [5.74, 6) is 2.22. The van der Waals surface area contributed by atoms with E-state index in [2.05, 4.69) is 157 Å². The SMILES string of the molecule is CC1C2c3ccccc3-c3ccccc3-c3cccc(c32)N1c1ccc(-c2nc(-c3ccccc3)nc(-c3ccc4ccccc4c3)n2)cc1. The number of anilines is 2. The molecule has 8 aromatic rings. The highest BCUT2D eigenvalue weighted by atomic mass is 15.2. The van der Waals surface area contributed by atoms with E-state index in [9.17, 15) is 0 Å². The second-order valence-electron chi connectivity index (χ2n) is 13.2. The number of fused-ring (bicyclic) bond motifs is 6. The minimum Gasteiger partial charge on any atom is -0.337 e. The number of aromatic nitrogens is 3. The number of rotatable bonds is 4. The van der Waals surface area contributed by atoms with Crippen LogP contribution in [0.4, 0.5) is 11.4 Å². The van der Waals surface area contributed by atoms with Crippen molar-refractivity contribution in [2.75, 3.05) is 4.90 Å². The van der Waals surface area contributed by atoms with Crippen molar-refractivity contribution in [2.45, 2.75) is 18.9 Å². The molecule has 0 spiro atoms. The van der Waals surface area contributed by atoms with Crippen LogP contribution >= 0.6 is 0 Å². The van der Waals surface area contributed by atoms with Gasteiger partial charge in [0, 0.05) is 40.0 Å². The maximum absolute atomic E-state index is 5.05. The third-order valence-electron chi connectivity index (χ3n) is 10.4. The first-order valence-electron chi connectivity index (χ1n) is 17.2. The Morgan fingerprint density at radius 2 is 1.00 bits per heavy atom. The van der Waals surface area contributed by atoms with Crippen molar-refractivity contribution < 1.29 is 0 Å². The topological polar surface area (TPSA) is 41.9 Å². The van der Waals surface area contributed by atoms with Crippen LogP contribution in [0.2, 0.25) is 0 Å². The lowest BCUT2D eigenvalue weighted by molar-refractivity contribution is 0.675. The van der Waals surface area contributed by atoms with Crippen molar-refractivity contribution in [3.8, 4) is 56.4 Å². The third kappa shape index (κ3) is 4.49. The number of nitrogens with zero attached hydrogens (tertiary/aromatic N) is 4. The van der Waals surface area contributed by atoms with Gasteiger partial charge < -0.3 is 4.90 Å². The molecule has 2 atom stereocenters. The number of hydrogen-bond acceptors (Lipinski definition) is 4. The van der Waals surface area contributed by atoms with Gasteiger partial charge in [-0.2, -0.15) is 0 Å². The molecule has 7 aromatic carbocycles. The summed E-state index contributed by atoms with van der Waals surface area (Å²) in [6, 6.07) is 58.5. The first-order valence-corrected chi connectivity index (χ1v) is 17.2. The van der Waals surface area contributed by atoms with Crippen molar-refractivity contribution in [1.82, 2.24) is 15.0 Å². The van der Waals surface area contributed by atoms with E-state index in [0.29, 0.717) is 17.5 Å². The largest absolute Gasteiger partial charge is 0.337 e. The third-order valence-corrected chi connectivity index (χ3v) is 10.4. The van der Waals surface area contributed by atoms with E-state index in [-0.39, 0.29) is 12.0 Å². The molecule has 0 saturated carbocycles. The molecule has 1 aliphatic heterocycles. The van der Waals surface area contributed by atoms with Gasteiger partial charge in [0.15, 0.2) is 17.5 Å². The molecule has 0 bridgehead atoms. The molecule has 1 aliphatic carbocycles. The van der Waals surface area contributed by atoms with Gasteiger partial charge in [-0.1, -0.05) is 127 Å². The Morgan fingerprint density at radius 1 is 0.440 bits per heavy atom. The standard InChI is InChI=1S/C46H32N4/c1-29-42-39-19-10-9-17-37(39)36-16-7-8-18-38(36)40-20-11-21-41(43(40)42)50(29)35-26-24-32(25-27-35)45-47-44(31-13-3-2-4-14-31)48-46(49-45)34-23-22-30-12-5-6-15-33(30)28-34/h2-29,42H,1H3. The molecule has 0 N–H and O–H groups in total. The molecule has 0 radical (unpaired) electrons. The molecule has 1 aromatic heterocycles. The van der Waals surface area contributed by atoms with Crippen molar-refractivity contribution in [3.63, 3.8) is 0 Å². The molecule has 0 saturated heterocycles. The summed E-state index contributed by atoms with van der Waals surface area (Å²) in [4.78, 5) is 17.5. The molecule has 2 heterocycles. The Balaban J connectivity index is 1.08. The summed E-state index contributed by atoms with van der Waals surface area (Å²) >= 11 is 0. The van der Waals surface area contributed by atoms with Crippen LogP contribution in [-0.2, 0) is 0 Å². The second kappa shape index (κ2) is 11.4. The minimum absolute atomic E-state index is 0.217. The van der Waals surface area contributed by atoms with Crippen molar-refractivity contribution >= 4 is 22.1 Å². The summed E-state index contributed by atoms with van der Waals surface area (Å²) in [5.41, 5.74) is 13.4. The summed E-state index contributed by atoms with van der Waals surface area (Å²) in [7, 11) is 0. The zero-order valence-electron chi connectivity index (χ0n) is 27.5. The van der Waals surface area contributed by atoms with E-state index in [1.54, 1.807) is 0 Å². The quantitative estimate of drug-likeness (QED) is 0.192. The monoisotopic (exact) mass is 640 g/mol. The summed E-state index contributed by atoms with van der Waals surface area (Å²) in [6.07, 6.45) is 0. The lowest BCUT2D eigenvalue weighted by Crippen LogP contribution is -2.27. The van der Waals surface area contributed by atoms with Gasteiger partial charge in [-0.3, -0.25) is 0 Å². The maximum Gasteiger partial charge on any atom is 0.164 e. The van der Waals surface area contributed by atoms with Gasteiger partial charge in [-0.05, 0) is 87.5 Å². The highest BCUT2D eigenvalue weighted by molar-refractivity contribution is 5.94. The summed E-state index contributed by atoms with van der Waals surface area (Å²) < 4.78 is 0. The molecule has 10 rings (SSSR count). The highest BCUT2D eigenvalue weighted by Gasteiger charge is 2.42. The van der Waals surface area contributed by atoms with Gasteiger partial charge >= 0.3 is 0 Å². The zero-order valence-corrected chi connectivity index (χ0v) is 27.5. The molecular formula is C46H32N4. The predicted molar refractivity (Wildman–Crippen MR) is 204 cm³/mol. The Morgan fingerprint density at radius 3 is 1.76 bits per heavy atom. The molecule has 0 amide bonds. The van der Waals surface area contributed by atoms with Gasteiger partial charge in [0.25, 0.3) is 0 Å². The lowest BCUT2D eigenvalue weighted by atomic mass is 9.85. The number of hydrogen-bond donors (Lipinski definition) is 0. The van der Waals surface area contributed by atoms with Crippen LogP contribution in [0.25, 0.3) is 67.2 Å². The van der Waals surface area contributed by atoms with Gasteiger partial charge in [0.1, 0.15) is 0 Å². The Bertz CT molecular complexity index is 2570. The van der Waals surface area contributed by atoms with Crippen LogP contribution in [0.15, 0.2) is 164 Å². The molecule has 2 aliphatic rings.